The highest BCUT2D eigenvalue weighted by Gasteiger charge is 2.74. The lowest BCUT2D eigenvalue weighted by molar-refractivity contribution is -0.258. The molecule has 1 saturated heterocycles. The van der Waals surface area contributed by atoms with E-state index in [2.05, 4.69) is 6.92 Å². The van der Waals surface area contributed by atoms with Crippen LogP contribution in [0.4, 0.5) is 0 Å². The summed E-state index contributed by atoms with van der Waals surface area (Å²) in [6, 6.07) is 1.79. The van der Waals surface area contributed by atoms with Crippen molar-refractivity contribution in [3.05, 3.63) is 24.2 Å². The standard InChI is InChI=1S/C33H44O10/c1-16(2)30(38)43-29-25-26(41-17(3)34)24-19(33(7,27(25)37)21(31(29,4)5)14-22(35)39-8)9-11-32(6)20(24)13-23(36)42-28(32)18-10-12-40-15-18/h10,12,15-16,19-21,24-26,28-29H,9,11,13-14H2,1-8H3/t19-,20-,21-,24+,25-,26?,28-,29+,32+,33+/m0/s1. The Morgan fingerprint density at radius 2 is 1.77 bits per heavy atom. The maximum atomic E-state index is 14.8. The number of ketones is 1. The second-order valence-corrected chi connectivity index (χ2v) is 14.4. The Kier molecular flexibility index (Phi) is 7.83. The molecule has 2 bridgehead atoms. The zero-order valence-corrected chi connectivity index (χ0v) is 26.3. The lowest BCUT2D eigenvalue weighted by Gasteiger charge is -2.68. The number of carbonyl (C=O) groups excluding carboxylic acids is 5. The van der Waals surface area contributed by atoms with Crippen LogP contribution in [-0.2, 0) is 42.9 Å². The van der Waals surface area contributed by atoms with Gasteiger partial charge in [-0.2, -0.15) is 0 Å². The molecular formula is C33H44O10. The molecule has 0 spiro atoms. The van der Waals surface area contributed by atoms with Crippen molar-refractivity contribution >= 4 is 29.7 Å². The summed E-state index contributed by atoms with van der Waals surface area (Å²) in [4.78, 5) is 66.8. The van der Waals surface area contributed by atoms with E-state index in [9.17, 15) is 24.0 Å². The van der Waals surface area contributed by atoms with E-state index in [-0.39, 0.29) is 36.4 Å². The number of esters is 4. The topological polar surface area (TPSA) is 135 Å². The number of cyclic esters (lactones) is 1. The molecular weight excluding hydrogens is 556 g/mol. The fourth-order valence-electron chi connectivity index (χ4n) is 9.44. The summed E-state index contributed by atoms with van der Waals surface area (Å²) >= 11 is 0. The summed E-state index contributed by atoms with van der Waals surface area (Å²) in [5.41, 5.74) is -1.71. The minimum Gasteiger partial charge on any atom is -0.472 e. The quantitative estimate of drug-likeness (QED) is 0.330. The Labute approximate surface area is 252 Å². The Morgan fingerprint density at radius 1 is 1.07 bits per heavy atom. The van der Waals surface area contributed by atoms with E-state index in [1.807, 2.05) is 20.8 Å². The van der Waals surface area contributed by atoms with Crippen LogP contribution in [0.3, 0.4) is 0 Å². The van der Waals surface area contributed by atoms with Gasteiger partial charge in [-0.15, -0.1) is 0 Å². The summed E-state index contributed by atoms with van der Waals surface area (Å²) in [5.74, 6) is -5.12. The van der Waals surface area contributed by atoms with Crippen LogP contribution in [0.5, 0.6) is 0 Å². The van der Waals surface area contributed by atoms with Crippen molar-refractivity contribution in [2.24, 2.45) is 51.8 Å². The molecule has 1 aromatic rings. The normalized spacial score (nSPS) is 39.7. The monoisotopic (exact) mass is 600 g/mol. The van der Waals surface area contributed by atoms with Crippen LogP contribution in [0.15, 0.2) is 23.0 Å². The van der Waals surface area contributed by atoms with Crippen molar-refractivity contribution in [2.75, 3.05) is 7.11 Å². The first kappa shape index (κ1) is 31.3. The van der Waals surface area contributed by atoms with Gasteiger partial charge in [0, 0.05) is 47.5 Å². The minimum atomic E-state index is -1.04. The molecule has 0 N–H and O–H groups in total. The first-order valence-electron chi connectivity index (χ1n) is 15.3. The van der Waals surface area contributed by atoms with Gasteiger partial charge in [-0.1, -0.05) is 41.5 Å². The maximum absolute atomic E-state index is 14.8. The zero-order chi connectivity index (χ0) is 31.6. The third kappa shape index (κ3) is 4.70. The van der Waals surface area contributed by atoms with Gasteiger partial charge in [-0.3, -0.25) is 24.0 Å². The number of hydrogen-bond donors (Lipinski definition) is 0. The van der Waals surface area contributed by atoms with Crippen LogP contribution in [0.1, 0.15) is 85.8 Å². The zero-order valence-electron chi connectivity index (χ0n) is 26.3. The molecule has 10 nitrogen and oxygen atoms in total. The first-order valence-corrected chi connectivity index (χ1v) is 15.3. The Hall–Kier alpha value is -3.17. The molecule has 4 fully saturated rings. The predicted octanol–water partition coefficient (Wildman–Crippen LogP) is 4.84. The van der Waals surface area contributed by atoms with Crippen LogP contribution in [-0.4, -0.2) is 49.0 Å². The van der Waals surface area contributed by atoms with Crippen LogP contribution in [0.2, 0.25) is 0 Å². The van der Waals surface area contributed by atoms with Crippen molar-refractivity contribution in [3.8, 4) is 0 Å². The van der Waals surface area contributed by atoms with E-state index in [1.54, 1.807) is 32.4 Å². The summed E-state index contributed by atoms with van der Waals surface area (Å²) in [6.45, 7) is 12.6. The summed E-state index contributed by atoms with van der Waals surface area (Å²) in [6.07, 6.45) is 1.89. The highest BCUT2D eigenvalue weighted by molar-refractivity contribution is 5.92. The Bertz CT molecular complexity index is 1300. The summed E-state index contributed by atoms with van der Waals surface area (Å²) in [7, 11) is 1.32. The minimum absolute atomic E-state index is 0.0444. The average molecular weight is 601 g/mol. The summed E-state index contributed by atoms with van der Waals surface area (Å²) < 4.78 is 28.7. The highest BCUT2D eigenvalue weighted by Crippen LogP contribution is 2.70. The second kappa shape index (κ2) is 10.8. The summed E-state index contributed by atoms with van der Waals surface area (Å²) in [5, 5.41) is 0. The highest BCUT2D eigenvalue weighted by atomic mass is 16.6. The lowest BCUT2D eigenvalue weighted by atomic mass is 9.37. The Balaban J connectivity index is 1.71. The first-order chi connectivity index (χ1) is 20.1. The van der Waals surface area contributed by atoms with Crippen molar-refractivity contribution in [2.45, 2.75) is 92.5 Å². The number of methoxy groups -OCH3 is 1. The van der Waals surface area contributed by atoms with Crippen molar-refractivity contribution in [3.63, 3.8) is 0 Å². The maximum Gasteiger partial charge on any atom is 0.308 e. The van der Waals surface area contributed by atoms with Gasteiger partial charge in [0.15, 0.2) is 0 Å². The largest absolute Gasteiger partial charge is 0.472 e. The molecule has 0 radical (unpaired) electrons. The van der Waals surface area contributed by atoms with Gasteiger partial charge in [-0.25, -0.2) is 0 Å². The SMILES string of the molecule is COC(=O)C[C@H]1C(C)(C)[C@H](OC(=O)C(C)C)[C@@H]2C(=O)[C@]1(C)[C@H]1CC[C@@]3(C)[C@H](c4ccoc4)OC(=O)C[C@H]3[C@@H]1C2OC(C)=O. The molecule has 2 heterocycles. The molecule has 10 atom stereocenters. The number of rotatable bonds is 6. The number of carbonyl (C=O) groups is 5. The second-order valence-electron chi connectivity index (χ2n) is 14.4. The molecule has 0 amide bonds. The number of furan rings is 1. The van der Waals surface area contributed by atoms with E-state index in [0.717, 1.165) is 5.56 Å². The van der Waals surface area contributed by atoms with Gasteiger partial charge in [-0.05, 0) is 36.7 Å². The Morgan fingerprint density at radius 3 is 2.35 bits per heavy atom. The van der Waals surface area contributed by atoms with Gasteiger partial charge in [0.05, 0.1) is 31.5 Å². The molecule has 3 aliphatic carbocycles. The van der Waals surface area contributed by atoms with Crippen molar-refractivity contribution < 1.29 is 47.3 Å². The van der Waals surface area contributed by atoms with Gasteiger partial charge in [0.2, 0.25) is 0 Å². The van der Waals surface area contributed by atoms with E-state index < -0.39 is 76.1 Å². The van der Waals surface area contributed by atoms with Crippen molar-refractivity contribution in [1.82, 2.24) is 0 Å². The average Bonchev–Trinajstić information content (AvgIpc) is 3.46. The molecule has 3 saturated carbocycles. The van der Waals surface area contributed by atoms with Crippen LogP contribution < -0.4 is 0 Å². The van der Waals surface area contributed by atoms with Crippen molar-refractivity contribution in [1.29, 1.82) is 0 Å². The lowest BCUT2D eigenvalue weighted by Crippen LogP contribution is -2.74. The molecule has 236 valence electrons. The number of fused-ring (bicyclic) bond motifs is 6. The molecule has 1 aromatic heterocycles. The fourth-order valence-corrected chi connectivity index (χ4v) is 9.44. The smallest absolute Gasteiger partial charge is 0.308 e. The molecule has 1 unspecified atom stereocenters. The van der Waals surface area contributed by atoms with Gasteiger partial charge in [0.25, 0.3) is 0 Å². The van der Waals surface area contributed by atoms with E-state index >= 15 is 0 Å². The predicted molar refractivity (Wildman–Crippen MR) is 151 cm³/mol. The molecule has 4 aliphatic rings. The van der Waals surface area contributed by atoms with E-state index in [4.69, 9.17) is 23.4 Å². The molecule has 5 rings (SSSR count). The van der Waals surface area contributed by atoms with E-state index in [1.165, 1.54) is 14.0 Å². The number of ether oxygens (including phenoxy) is 4. The third-order valence-corrected chi connectivity index (χ3v) is 11.5. The number of hydrogen-bond acceptors (Lipinski definition) is 10. The van der Waals surface area contributed by atoms with Gasteiger partial charge >= 0.3 is 23.9 Å². The number of Topliss-reactive ketones (excluding diaryl/α,β-unsaturated/α-hetero) is 1. The third-order valence-electron chi connectivity index (χ3n) is 11.5. The van der Waals surface area contributed by atoms with Crippen LogP contribution in [0, 0.1) is 51.8 Å². The molecule has 0 aromatic carbocycles. The molecule has 43 heavy (non-hydrogen) atoms. The van der Waals surface area contributed by atoms with Crippen LogP contribution >= 0.6 is 0 Å². The van der Waals surface area contributed by atoms with Gasteiger partial charge < -0.3 is 23.4 Å². The van der Waals surface area contributed by atoms with Gasteiger partial charge in [0.1, 0.15) is 24.1 Å². The molecule has 10 heteroatoms. The van der Waals surface area contributed by atoms with Crippen LogP contribution in [0.25, 0.3) is 0 Å². The fraction of sp³-hybridized carbons (Fsp3) is 0.727. The molecule has 1 aliphatic heterocycles. The van der Waals surface area contributed by atoms with E-state index in [0.29, 0.717) is 12.8 Å².